The van der Waals surface area contributed by atoms with Crippen LogP contribution in [0.15, 0.2) is 18.5 Å². The predicted octanol–water partition coefficient (Wildman–Crippen LogP) is 2.16. The predicted molar refractivity (Wildman–Crippen MR) is 90.6 cm³/mol. The van der Waals surface area contributed by atoms with E-state index in [-0.39, 0.29) is 5.54 Å². The summed E-state index contributed by atoms with van der Waals surface area (Å²) in [5, 5.41) is 15.5. The lowest BCUT2D eigenvalue weighted by Crippen LogP contribution is -2.62. The highest BCUT2D eigenvalue weighted by molar-refractivity contribution is 6.06. The van der Waals surface area contributed by atoms with Gasteiger partial charge in [0.25, 0.3) is 5.91 Å². The highest BCUT2D eigenvalue weighted by Gasteiger charge is 2.57. The van der Waals surface area contributed by atoms with E-state index in [1.54, 1.807) is 6.20 Å². The van der Waals surface area contributed by atoms with Gasteiger partial charge in [0.05, 0.1) is 16.9 Å². The van der Waals surface area contributed by atoms with Gasteiger partial charge in [-0.1, -0.05) is 0 Å². The smallest absolute Gasteiger partial charge is 0.252 e. The molecule has 4 fully saturated rings. The largest absolute Gasteiger partial charge is 0.390 e. The zero-order valence-corrected chi connectivity index (χ0v) is 13.5. The number of carbonyl (C=O) groups excluding carboxylic acids is 1. The molecule has 4 atom stereocenters. The topological polar surface area (TPSA) is 104 Å². The number of aromatic nitrogens is 2. The number of nitrogens with zero attached hydrogens (tertiary/aromatic N) is 1. The van der Waals surface area contributed by atoms with Gasteiger partial charge in [0, 0.05) is 23.3 Å². The number of rotatable bonds is 3. The number of H-pyrrole nitrogens is 1. The van der Waals surface area contributed by atoms with Crippen LogP contribution in [0.5, 0.6) is 0 Å². The molecule has 24 heavy (non-hydrogen) atoms. The van der Waals surface area contributed by atoms with Crippen LogP contribution in [0.4, 0.5) is 5.69 Å². The Morgan fingerprint density at radius 2 is 2.08 bits per heavy atom. The van der Waals surface area contributed by atoms with Crippen LogP contribution >= 0.6 is 0 Å². The molecule has 0 aliphatic heterocycles. The van der Waals surface area contributed by atoms with Crippen molar-refractivity contribution in [3.8, 4) is 0 Å². The van der Waals surface area contributed by atoms with Gasteiger partial charge in [-0.2, -0.15) is 0 Å². The average Bonchev–Trinajstić information content (AvgIpc) is 2.93. The average molecular weight is 326 g/mol. The Hall–Kier alpha value is -2.08. The fourth-order valence-corrected chi connectivity index (χ4v) is 5.95. The lowest BCUT2D eigenvalue weighted by Gasteiger charge is -2.60. The minimum absolute atomic E-state index is 0.144. The number of pyridine rings is 1. The summed E-state index contributed by atoms with van der Waals surface area (Å²) in [6, 6.07) is 1.92. The lowest BCUT2D eigenvalue weighted by atomic mass is 9.51. The summed E-state index contributed by atoms with van der Waals surface area (Å²) in [7, 11) is 0. The monoisotopic (exact) mass is 326 g/mol. The first-order valence-electron chi connectivity index (χ1n) is 8.72. The molecule has 6 rings (SSSR count). The van der Waals surface area contributed by atoms with Crippen LogP contribution in [0.3, 0.4) is 0 Å². The first-order chi connectivity index (χ1) is 11.5. The number of primary amides is 1. The molecule has 4 aliphatic rings. The molecule has 1 amide bonds. The number of anilines is 1. The van der Waals surface area contributed by atoms with Gasteiger partial charge in [-0.05, 0) is 56.4 Å². The van der Waals surface area contributed by atoms with E-state index in [0.717, 1.165) is 48.8 Å². The van der Waals surface area contributed by atoms with E-state index < -0.39 is 11.5 Å². The van der Waals surface area contributed by atoms with Crippen molar-refractivity contribution < 1.29 is 9.90 Å². The van der Waals surface area contributed by atoms with Crippen LogP contribution < -0.4 is 11.1 Å². The Balaban J connectivity index is 1.61. The second kappa shape index (κ2) is 4.51. The van der Waals surface area contributed by atoms with Crippen molar-refractivity contribution in [2.75, 3.05) is 5.32 Å². The van der Waals surface area contributed by atoms with Gasteiger partial charge in [0.15, 0.2) is 0 Å². The van der Waals surface area contributed by atoms with Gasteiger partial charge in [-0.3, -0.25) is 4.79 Å². The van der Waals surface area contributed by atoms with E-state index in [9.17, 15) is 9.90 Å². The Labute approximate surface area is 139 Å². The van der Waals surface area contributed by atoms with Crippen LogP contribution in [0.2, 0.25) is 0 Å². The van der Waals surface area contributed by atoms with E-state index in [0.29, 0.717) is 17.4 Å². The maximum absolute atomic E-state index is 11.9. The van der Waals surface area contributed by atoms with E-state index in [2.05, 4.69) is 15.3 Å². The highest BCUT2D eigenvalue weighted by Crippen LogP contribution is 2.58. The number of nitrogens with one attached hydrogen (secondary N) is 2. The first-order valence-corrected chi connectivity index (χ1v) is 8.72. The normalized spacial score (nSPS) is 37.0. The number of hydrogen-bond acceptors (Lipinski definition) is 4. The van der Waals surface area contributed by atoms with Gasteiger partial charge >= 0.3 is 0 Å². The van der Waals surface area contributed by atoms with Crippen LogP contribution in [0, 0.1) is 11.8 Å². The number of amides is 1. The van der Waals surface area contributed by atoms with Gasteiger partial charge in [-0.25, -0.2) is 4.98 Å². The van der Waals surface area contributed by atoms with Crippen molar-refractivity contribution in [3.05, 3.63) is 24.0 Å². The number of hydrogen-bond donors (Lipinski definition) is 4. The number of aromatic amines is 1. The fraction of sp³-hybridized carbons (Fsp3) is 0.556. The molecular formula is C18H22N4O2. The molecule has 4 bridgehead atoms. The molecule has 4 saturated carbocycles. The summed E-state index contributed by atoms with van der Waals surface area (Å²) < 4.78 is 0. The zero-order chi connectivity index (χ0) is 16.5. The summed E-state index contributed by atoms with van der Waals surface area (Å²) in [5.74, 6) is 0.671. The maximum Gasteiger partial charge on any atom is 0.252 e. The van der Waals surface area contributed by atoms with Gasteiger partial charge in [0.2, 0.25) is 0 Å². The van der Waals surface area contributed by atoms with E-state index in [1.165, 1.54) is 6.42 Å². The molecule has 126 valence electrons. The molecule has 2 heterocycles. The third-order valence-corrected chi connectivity index (χ3v) is 6.27. The minimum Gasteiger partial charge on any atom is -0.390 e. The third kappa shape index (κ3) is 1.99. The van der Waals surface area contributed by atoms with Gasteiger partial charge in [-0.15, -0.1) is 0 Å². The summed E-state index contributed by atoms with van der Waals surface area (Å²) >= 11 is 0. The van der Waals surface area contributed by atoms with Crippen molar-refractivity contribution in [2.45, 2.75) is 49.7 Å². The number of aliphatic hydroxyl groups is 1. The summed E-state index contributed by atoms with van der Waals surface area (Å²) in [5.41, 5.74) is 6.82. The van der Waals surface area contributed by atoms with Gasteiger partial charge in [0.1, 0.15) is 5.65 Å². The third-order valence-electron chi connectivity index (χ3n) is 6.27. The lowest BCUT2D eigenvalue weighted by molar-refractivity contribution is -0.127. The molecule has 4 aliphatic carbocycles. The van der Waals surface area contributed by atoms with E-state index >= 15 is 0 Å². The van der Waals surface area contributed by atoms with Crippen molar-refractivity contribution in [1.82, 2.24) is 9.97 Å². The van der Waals surface area contributed by atoms with Gasteiger partial charge < -0.3 is 21.1 Å². The number of fused-ring (bicyclic) bond motifs is 1. The molecule has 0 radical (unpaired) electrons. The second-order valence-corrected chi connectivity index (χ2v) is 8.24. The first kappa shape index (κ1) is 14.3. The Morgan fingerprint density at radius 1 is 1.33 bits per heavy atom. The molecule has 1 unspecified atom stereocenters. The van der Waals surface area contributed by atoms with Crippen LogP contribution in [-0.2, 0) is 0 Å². The highest BCUT2D eigenvalue weighted by atomic mass is 16.3. The Kier molecular flexibility index (Phi) is 2.68. The molecule has 6 nitrogen and oxygen atoms in total. The van der Waals surface area contributed by atoms with Crippen LogP contribution in [0.1, 0.15) is 48.9 Å². The SMILES string of the molecule is NC(=O)c1cnc2[nH]ccc2c1N[C@]12CC3C[C@@H](C[C@@](O)(C3)C1)C2. The van der Waals surface area contributed by atoms with Crippen LogP contribution in [0.25, 0.3) is 11.0 Å². The maximum atomic E-state index is 11.9. The number of carbonyl (C=O) groups is 1. The van der Waals surface area contributed by atoms with E-state index in [4.69, 9.17) is 5.73 Å². The zero-order valence-electron chi connectivity index (χ0n) is 13.5. The molecule has 5 N–H and O–H groups in total. The van der Waals surface area contributed by atoms with Crippen molar-refractivity contribution in [3.63, 3.8) is 0 Å². The minimum atomic E-state index is -0.547. The molecule has 2 aromatic rings. The fourth-order valence-electron chi connectivity index (χ4n) is 5.95. The van der Waals surface area contributed by atoms with Crippen molar-refractivity contribution >= 4 is 22.6 Å². The summed E-state index contributed by atoms with van der Waals surface area (Å²) in [6.45, 7) is 0. The second-order valence-electron chi connectivity index (χ2n) is 8.24. The molecule has 6 heteroatoms. The Bertz CT molecular complexity index is 829. The van der Waals surface area contributed by atoms with Crippen molar-refractivity contribution in [1.29, 1.82) is 0 Å². The molecule has 0 spiro atoms. The summed E-state index contributed by atoms with van der Waals surface area (Å²) in [4.78, 5) is 19.3. The number of nitrogens with two attached hydrogens (primary N) is 1. The van der Waals surface area contributed by atoms with E-state index in [1.807, 2.05) is 12.3 Å². The summed E-state index contributed by atoms with van der Waals surface area (Å²) in [6.07, 6.45) is 9.29. The molecule has 0 saturated heterocycles. The Morgan fingerprint density at radius 3 is 2.75 bits per heavy atom. The van der Waals surface area contributed by atoms with Crippen LogP contribution in [-0.4, -0.2) is 32.1 Å². The van der Waals surface area contributed by atoms with Crippen molar-refractivity contribution in [2.24, 2.45) is 17.6 Å². The quantitative estimate of drug-likeness (QED) is 0.694. The molecular weight excluding hydrogens is 304 g/mol. The molecule has 2 aromatic heterocycles. The molecule has 0 aromatic carbocycles. The standard InChI is InChI=1S/C18H22N4O2/c19-15(23)13-8-21-16-12(1-2-20-16)14(13)22-17-4-10-3-11(5-17)7-18(24,6-10)9-17/h1-2,8,10-11,24H,3-7,9H2,(H2,19,23)(H2,20,21,22)/t10-,11?,17-,18-/m1/s1.